The Bertz CT molecular complexity index is 557. The molecule has 0 spiro atoms. The van der Waals surface area contributed by atoms with Crippen LogP contribution >= 0.6 is 0 Å². The van der Waals surface area contributed by atoms with Crippen molar-refractivity contribution in [1.29, 1.82) is 0 Å². The highest BCUT2D eigenvalue weighted by atomic mass is 16.6. The molecule has 1 rings (SSSR count). The van der Waals surface area contributed by atoms with E-state index >= 15 is 0 Å². The first-order chi connectivity index (χ1) is 9.40. The van der Waals surface area contributed by atoms with E-state index in [9.17, 15) is 20.0 Å². The first-order valence-electron chi connectivity index (χ1n) is 5.55. The molecule has 0 saturated carbocycles. The molecule has 0 amide bonds. The van der Waals surface area contributed by atoms with E-state index in [1.807, 2.05) is 0 Å². The normalized spacial score (nSPS) is 12.2. The van der Waals surface area contributed by atoms with E-state index in [4.69, 9.17) is 15.6 Å². The van der Waals surface area contributed by atoms with Gasteiger partial charge < -0.3 is 26.2 Å². The number of benzene rings is 1. The number of aliphatic hydroxyl groups is 1. The van der Waals surface area contributed by atoms with E-state index in [1.54, 1.807) is 0 Å². The lowest BCUT2D eigenvalue weighted by Crippen LogP contribution is -2.25. The van der Waals surface area contributed by atoms with Crippen LogP contribution < -0.4 is 10.5 Å². The van der Waals surface area contributed by atoms with Crippen LogP contribution in [0.25, 0.3) is 5.57 Å². The molecule has 1 aromatic rings. The van der Waals surface area contributed by atoms with Gasteiger partial charge in [0.15, 0.2) is 0 Å². The van der Waals surface area contributed by atoms with Crippen molar-refractivity contribution in [1.82, 2.24) is 0 Å². The molecule has 9 nitrogen and oxygen atoms in total. The summed E-state index contributed by atoms with van der Waals surface area (Å²) in [6, 6.07) is 2.83. The average Bonchev–Trinajstić information content (AvgIpc) is 2.38. The number of carboxylic acids is 1. The Morgan fingerprint density at radius 2 is 2.19 bits per heavy atom. The molecule has 0 saturated heterocycles. The van der Waals surface area contributed by atoms with Gasteiger partial charge in [0.05, 0.1) is 30.3 Å². The van der Waals surface area contributed by atoms with Crippen LogP contribution in [0.3, 0.4) is 0 Å². The highest BCUT2D eigenvalue weighted by Gasteiger charge is 2.24. The summed E-state index contributed by atoms with van der Waals surface area (Å²) < 4.78 is 4.96. The summed E-state index contributed by atoms with van der Waals surface area (Å²) in [5.74, 6) is -0.852. The van der Waals surface area contributed by atoms with Gasteiger partial charge in [0, 0.05) is 17.7 Å². The van der Waals surface area contributed by atoms with Gasteiger partial charge in [-0.3, -0.25) is 14.9 Å². The van der Waals surface area contributed by atoms with Gasteiger partial charge in [-0.2, -0.15) is 0 Å². The molecule has 116 valence electrons. The van der Waals surface area contributed by atoms with Gasteiger partial charge in [-0.05, 0) is 12.1 Å². The second-order valence-electron chi connectivity index (χ2n) is 3.93. The fourth-order valence-electron chi connectivity index (χ4n) is 1.70. The SMILES string of the molecule is COc1ccc([N+](=O)[O-])c(/C(=C/O)C(N)CC(=O)O)c1.O. The van der Waals surface area contributed by atoms with Gasteiger partial charge >= 0.3 is 5.97 Å². The Kier molecular flexibility index (Phi) is 6.84. The molecule has 1 atom stereocenters. The van der Waals surface area contributed by atoms with E-state index in [-0.39, 0.29) is 22.3 Å². The highest BCUT2D eigenvalue weighted by Crippen LogP contribution is 2.31. The number of nitrogens with two attached hydrogens (primary N) is 1. The van der Waals surface area contributed by atoms with Crippen molar-refractivity contribution in [2.45, 2.75) is 12.5 Å². The minimum atomic E-state index is -1.18. The van der Waals surface area contributed by atoms with Gasteiger partial charge in [-0.15, -0.1) is 0 Å². The molecule has 1 aromatic carbocycles. The Hall–Kier alpha value is -2.65. The topological polar surface area (TPSA) is 167 Å². The van der Waals surface area contributed by atoms with Gasteiger partial charge in [-0.25, -0.2) is 0 Å². The number of aliphatic hydroxyl groups excluding tert-OH is 1. The quantitative estimate of drug-likeness (QED) is 0.390. The fourth-order valence-corrected chi connectivity index (χ4v) is 1.70. The molecule has 0 aliphatic heterocycles. The fraction of sp³-hybridized carbons (Fsp3) is 0.250. The number of carboxylic acid groups (broad SMARTS) is 1. The Labute approximate surface area is 119 Å². The van der Waals surface area contributed by atoms with Crippen LogP contribution in [0.15, 0.2) is 24.5 Å². The zero-order chi connectivity index (χ0) is 15.3. The van der Waals surface area contributed by atoms with Gasteiger partial charge in [-0.1, -0.05) is 0 Å². The summed E-state index contributed by atoms with van der Waals surface area (Å²) in [5.41, 5.74) is 5.33. The molecule has 0 bridgehead atoms. The second kappa shape index (κ2) is 7.82. The van der Waals surface area contributed by atoms with Crippen molar-refractivity contribution < 1.29 is 30.1 Å². The maximum absolute atomic E-state index is 11.0. The van der Waals surface area contributed by atoms with E-state index in [0.717, 1.165) is 0 Å². The Morgan fingerprint density at radius 3 is 2.62 bits per heavy atom. The van der Waals surface area contributed by atoms with Crippen molar-refractivity contribution >= 4 is 17.2 Å². The smallest absolute Gasteiger partial charge is 0.305 e. The number of aliphatic carboxylic acids is 1. The molecule has 21 heavy (non-hydrogen) atoms. The van der Waals surface area contributed by atoms with Crippen molar-refractivity contribution in [2.75, 3.05) is 7.11 Å². The lowest BCUT2D eigenvalue weighted by atomic mass is 9.96. The molecule has 6 N–H and O–H groups in total. The maximum atomic E-state index is 11.0. The van der Waals surface area contributed by atoms with Crippen molar-refractivity contribution in [3.63, 3.8) is 0 Å². The summed E-state index contributed by atoms with van der Waals surface area (Å²) in [6.45, 7) is 0. The lowest BCUT2D eigenvalue weighted by molar-refractivity contribution is -0.385. The molecular formula is C12H16N2O7. The summed E-state index contributed by atoms with van der Waals surface area (Å²) in [6.07, 6.45) is 0.107. The monoisotopic (exact) mass is 300 g/mol. The molecule has 0 heterocycles. The Morgan fingerprint density at radius 1 is 1.57 bits per heavy atom. The number of methoxy groups -OCH3 is 1. The Balaban J connectivity index is 0.00000400. The maximum Gasteiger partial charge on any atom is 0.305 e. The van der Waals surface area contributed by atoms with Crippen molar-refractivity contribution in [3.05, 3.63) is 40.1 Å². The minimum Gasteiger partial charge on any atom is -0.515 e. The van der Waals surface area contributed by atoms with Gasteiger partial charge in [0.2, 0.25) is 0 Å². The van der Waals surface area contributed by atoms with E-state index in [1.165, 1.54) is 25.3 Å². The summed E-state index contributed by atoms with van der Waals surface area (Å²) >= 11 is 0. The molecule has 0 aliphatic rings. The predicted molar refractivity (Wildman–Crippen MR) is 74.1 cm³/mol. The van der Waals surface area contributed by atoms with Gasteiger partial charge in [0.25, 0.3) is 5.69 Å². The van der Waals surface area contributed by atoms with E-state index < -0.39 is 23.4 Å². The number of rotatable bonds is 6. The number of carbonyl (C=O) groups is 1. The third kappa shape index (κ3) is 4.44. The van der Waals surface area contributed by atoms with Crippen LogP contribution in [0.4, 0.5) is 5.69 Å². The molecule has 0 radical (unpaired) electrons. The molecular weight excluding hydrogens is 284 g/mol. The summed E-state index contributed by atoms with van der Waals surface area (Å²) in [7, 11) is 1.38. The number of nitro groups is 1. The van der Waals surface area contributed by atoms with Crippen LogP contribution in [0.5, 0.6) is 5.75 Å². The first kappa shape index (κ1) is 18.4. The number of hydrogen-bond donors (Lipinski definition) is 3. The minimum absolute atomic E-state index is 0. The number of hydrogen-bond acceptors (Lipinski definition) is 6. The van der Waals surface area contributed by atoms with Crippen LogP contribution in [0.1, 0.15) is 12.0 Å². The number of ether oxygens (including phenoxy) is 1. The summed E-state index contributed by atoms with van der Waals surface area (Å²) in [4.78, 5) is 21.0. The second-order valence-corrected chi connectivity index (χ2v) is 3.93. The standard InChI is InChI=1S/C12H14N2O6.H2O/c1-20-7-2-3-11(14(18)19)8(4-7)9(6-15)10(13)5-12(16)17;/h2-4,6,10,15H,5,13H2,1H3,(H,16,17);1H2/b9-6-;. The zero-order valence-electron chi connectivity index (χ0n) is 11.1. The zero-order valence-corrected chi connectivity index (χ0v) is 11.1. The molecule has 9 heteroatoms. The summed E-state index contributed by atoms with van der Waals surface area (Å²) in [5, 5.41) is 28.9. The van der Waals surface area contributed by atoms with Crippen LogP contribution in [0.2, 0.25) is 0 Å². The molecule has 0 aliphatic carbocycles. The largest absolute Gasteiger partial charge is 0.515 e. The van der Waals surface area contributed by atoms with Gasteiger partial charge in [0.1, 0.15) is 5.75 Å². The predicted octanol–water partition coefficient (Wildman–Crippen LogP) is 0.480. The third-order valence-electron chi connectivity index (χ3n) is 2.64. The van der Waals surface area contributed by atoms with Crippen LogP contribution in [-0.2, 0) is 4.79 Å². The molecule has 0 fully saturated rings. The average molecular weight is 300 g/mol. The van der Waals surface area contributed by atoms with E-state index in [2.05, 4.69) is 0 Å². The van der Waals surface area contributed by atoms with E-state index in [0.29, 0.717) is 12.0 Å². The van der Waals surface area contributed by atoms with Crippen LogP contribution in [-0.4, -0.2) is 39.7 Å². The molecule has 1 unspecified atom stereocenters. The third-order valence-corrected chi connectivity index (χ3v) is 2.64. The van der Waals surface area contributed by atoms with Crippen LogP contribution in [0, 0.1) is 10.1 Å². The van der Waals surface area contributed by atoms with Crippen molar-refractivity contribution in [3.8, 4) is 5.75 Å². The van der Waals surface area contributed by atoms with Crippen molar-refractivity contribution in [2.24, 2.45) is 5.73 Å². The number of nitro benzene ring substituents is 1. The highest BCUT2D eigenvalue weighted by molar-refractivity contribution is 5.80. The first-order valence-corrected chi connectivity index (χ1v) is 5.55. The number of nitrogens with zero attached hydrogens (tertiary/aromatic N) is 1. The lowest BCUT2D eigenvalue weighted by Gasteiger charge is -2.14. The molecule has 0 aromatic heterocycles.